The van der Waals surface area contributed by atoms with Gasteiger partial charge in [0.2, 0.25) is 0 Å². The standard InChI is InChI=1S/C25H42N2OSi/c1-6-10-11-12-13-14-19-24(28-29(7-2,8-3)9-4)22-17-15-16-18-23(22)25-26-20-21-27(25)5/h15-18,20-21,24H,6-14,19H2,1-5H3. The summed E-state index contributed by atoms with van der Waals surface area (Å²) < 4.78 is 9.20. The summed E-state index contributed by atoms with van der Waals surface area (Å²) in [6, 6.07) is 12.3. The van der Waals surface area contributed by atoms with Gasteiger partial charge in [-0.25, -0.2) is 4.98 Å². The Balaban J connectivity index is 2.26. The monoisotopic (exact) mass is 414 g/mol. The van der Waals surface area contributed by atoms with Gasteiger partial charge in [0.1, 0.15) is 5.82 Å². The molecule has 1 atom stereocenters. The minimum absolute atomic E-state index is 0.181. The van der Waals surface area contributed by atoms with Crippen LogP contribution < -0.4 is 0 Å². The molecule has 29 heavy (non-hydrogen) atoms. The highest BCUT2D eigenvalue weighted by Gasteiger charge is 2.33. The van der Waals surface area contributed by atoms with Crippen LogP contribution in [0.4, 0.5) is 0 Å². The van der Waals surface area contributed by atoms with Gasteiger partial charge in [0.05, 0.1) is 6.10 Å². The predicted octanol–water partition coefficient (Wildman–Crippen LogP) is 7.90. The van der Waals surface area contributed by atoms with Crippen molar-refractivity contribution in [2.75, 3.05) is 0 Å². The molecule has 0 bridgehead atoms. The molecule has 0 fully saturated rings. The molecule has 2 rings (SSSR count). The van der Waals surface area contributed by atoms with E-state index in [4.69, 9.17) is 4.43 Å². The van der Waals surface area contributed by atoms with E-state index < -0.39 is 8.32 Å². The Morgan fingerprint density at radius 1 is 0.931 bits per heavy atom. The van der Waals surface area contributed by atoms with Crippen LogP contribution >= 0.6 is 0 Å². The summed E-state index contributed by atoms with van der Waals surface area (Å²) in [5, 5.41) is 0. The van der Waals surface area contributed by atoms with Crippen LogP contribution in [0.1, 0.15) is 84.3 Å². The van der Waals surface area contributed by atoms with Crippen LogP contribution in [0, 0.1) is 0 Å². The zero-order chi connectivity index (χ0) is 21.1. The first-order chi connectivity index (χ1) is 14.1. The lowest BCUT2D eigenvalue weighted by Gasteiger charge is -2.34. The molecule has 0 saturated carbocycles. The van der Waals surface area contributed by atoms with Crippen molar-refractivity contribution < 1.29 is 4.43 Å². The van der Waals surface area contributed by atoms with E-state index >= 15 is 0 Å². The number of aryl methyl sites for hydroxylation is 1. The molecule has 1 aromatic heterocycles. The van der Waals surface area contributed by atoms with Crippen LogP contribution in [0.3, 0.4) is 0 Å². The molecule has 1 unspecified atom stereocenters. The lowest BCUT2D eigenvalue weighted by atomic mass is 9.97. The van der Waals surface area contributed by atoms with Gasteiger partial charge in [-0.15, -0.1) is 0 Å². The molecule has 2 aromatic rings. The van der Waals surface area contributed by atoms with Gasteiger partial charge >= 0.3 is 0 Å². The summed E-state index contributed by atoms with van der Waals surface area (Å²) in [5.41, 5.74) is 2.55. The van der Waals surface area contributed by atoms with Crippen molar-refractivity contribution in [1.82, 2.24) is 9.55 Å². The van der Waals surface area contributed by atoms with Crippen molar-refractivity contribution in [3.63, 3.8) is 0 Å². The first-order valence-corrected chi connectivity index (χ1v) is 14.4. The highest BCUT2D eigenvalue weighted by atomic mass is 28.4. The number of nitrogens with zero attached hydrogens (tertiary/aromatic N) is 2. The maximum atomic E-state index is 7.08. The van der Waals surface area contributed by atoms with Crippen LogP contribution in [0.15, 0.2) is 36.7 Å². The number of unbranched alkanes of at least 4 members (excludes halogenated alkanes) is 5. The number of aromatic nitrogens is 2. The van der Waals surface area contributed by atoms with E-state index in [9.17, 15) is 0 Å². The van der Waals surface area contributed by atoms with E-state index in [1.165, 1.54) is 67.8 Å². The first kappa shape index (κ1) is 23.9. The smallest absolute Gasteiger partial charge is 0.192 e. The quantitative estimate of drug-likeness (QED) is 0.232. The number of imidazole rings is 1. The van der Waals surface area contributed by atoms with Gasteiger partial charge in [0.25, 0.3) is 0 Å². The Morgan fingerprint density at radius 2 is 1.59 bits per heavy atom. The van der Waals surface area contributed by atoms with Crippen molar-refractivity contribution >= 4 is 8.32 Å². The summed E-state index contributed by atoms with van der Waals surface area (Å²) >= 11 is 0. The minimum Gasteiger partial charge on any atom is -0.410 e. The lowest BCUT2D eigenvalue weighted by molar-refractivity contribution is 0.175. The molecule has 0 radical (unpaired) electrons. The fourth-order valence-corrected chi connectivity index (χ4v) is 7.14. The highest BCUT2D eigenvalue weighted by Crippen LogP contribution is 2.37. The number of benzene rings is 1. The highest BCUT2D eigenvalue weighted by molar-refractivity contribution is 6.73. The molecule has 4 heteroatoms. The Hall–Kier alpha value is -1.39. The predicted molar refractivity (Wildman–Crippen MR) is 128 cm³/mol. The molecular weight excluding hydrogens is 372 g/mol. The molecule has 0 amide bonds. The second kappa shape index (κ2) is 12.3. The molecule has 3 nitrogen and oxygen atoms in total. The third-order valence-corrected chi connectivity index (χ3v) is 11.2. The molecule has 0 aliphatic carbocycles. The lowest BCUT2D eigenvalue weighted by Crippen LogP contribution is -2.37. The van der Waals surface area contributed by atoms with E-state index in [2.05, 4.69) is 68.6 Å². The van der Waals surface area contributed by atoms with E-state index in [0.717, 1.165) is 12.2 Å². The Kier molecular flexibility index (Phi) is 10.2. The van der Waals surface area contributed by atoms with Gasteiger partial charge < -0.3 is 8.99 Å². The molecule has 0 N–H and O–H groups in total. The second-order valence-corrected chi connectivity index (χ2v) is 13.1. The molecule has 0 spiro atoms. The number of hydrogen-bond acceptors (Lipinski definition) is 2. The zero-order valence-corrected chi connectivity index (χ0v) is 20.4. The van der Waals surface area contributed by atoms with E-state index in [0.29, 0.717) is 0 Å². The van der Waals surface area contributed by atoms with Gasteiger partial charge in [-0.1, -0.05) is 90.5 Å². The largest absolute Gasteiger partial charge is 0.410 e. The summed E-state index contributed by atoms with van der Waals surface area (Å²) in [5.74, 6) is 1.04. The van der Waals surface area contributed by atoms with Gasteiger partial charge in [-0.05, 0) is 30.1 Å². The van der Waals surface area contributed by atoms with Gasteiger partial charge in [0.15, 0.2) is 8.32 Å². The maximum Gasteiger partial charge on any atom is 0.192 e. The normalized spacial score (nSPS) is 13.0. The van der Waals surface area contributed by atoms with E-state index in [1.54, 1.807) is 0 Å². The fraction of sp³-hybridized carbons (Fsp3) is 0.640. The van der Waals surface area contributed by atoms with Crippen molar-refractivity contribution in [3.8, 4) is 11.4 Å². The van der Waals surface area contributed by atoms with Crippen LogP contribution in [0.2, 0.25) is 18.1 Å². The molecule has 1 heterocycles. The Morgan fingerprint density at radius 3 is 2.21 bits per heavy atom. The fourth-order valence-electron chi connectivity index (χ4n) is 4.30. The van der Waals surface area contributed by atoms with Crippen molar-refractivity contribution in [2.45, 2.75) is 96.9 Å². The van der Waals surface area contributed by atoms with Crippen LogP contribution in [0.25, 0.3) is 11.4 Å². The van der Waals surface area contributed by atoms with Gasteiger partial charge in [-0.2, -0.15) is 0 Å². The third-order valence-electron chi connectivity index (χ3n) is 6.51. The number of rotatable bonds is 14. The van der Waals surface area contributed by atoms with E-state index in [1.807, 2.05) is 12.4 Å². The van der Waals surface area contributed by atoms with Crippen LogP contribution in [-0.2, 0) is 11.5 Å². The average Bonchev–Trinajstić information content (AvgIpc) is 3.19. The van der Waals surface area contributed by atoms with Crippen molar-refractivity contribution in [3.05, 3.63) is 42.2 Å². The third kappa shape index (κ3) is 6.55. The first-order valence-electron chi connectivity index (χ1n) is 11.8. The molecule has 0 saturated heterocycles. The van der Waals surface area contributed by atoms with Crippen LogP contribution in [-0.4, -0.2) is 17.9 Å². The van der Waals surface area contributed by atoms with Gasteiger partial charge in [0, 0.05) is 25.0 Å². The molecular formula is C25H42N2OSi. The maximum absolute atomic E-state index is 7.08. The Labute approximate surface area is 180 Å². The van der Waals surface area contributed by atoms with E-state index in [-0.39, 0.29) is 6.10 Å². The zero-order valence-electron chi connectivity index (χ0n) is 19.4. The topological polar surface area (TPSA) is 27.1 Å². The average molecular weight is 415 g/mol. The summed E-state index contributed by atoms with van der Waals surface area (Å²) in [4.78, 5) is 4.63. The molecule has 0 aliphatic rings. The summed E-state index contributed by atoms with van der Waals surface area (Å²) in [7, 11) is 0.382. The summed E-state index contributed by atoms with van der Waals surface area (Å²) in [6.07, 6.45) is 13.1. The molecule has 0 aliphatic heterocycles. The minimum atomic E-state index is -1.69. The second-order valence-electron chi connectivity index (χ2n) is 8.36. The van der Waals surface area contributed by atoms with Gasteiger partial charge in [-0.3, -0.25) is 0 Å². The number of hydrogen-bond donors (Lipinski definition) is 0. The van der Waals surface area contributed by atoms with Crippen LogP contribution in [0.5, 0.6) is 0 Å². The van der Waals surface area contributed by atoms with Crippen molar-refractivity contribution in [2.24, 2.45) is 7.05 Å². The Bertz CT molecular complexity index is 700. The molecule has 162 valence electrons. The van der Waals surface area contributed by atoms with Crippen molar-refractivity contribution in [1.29, 1.82) is 0 Å². The SMILES string of the molecule is CCCCCCCCC(O[Si](CC)(CC)CC)c1ccccc1-c1nccn1C. The molecule has 1 aromatic carbocycles. The summed E-state index contributed by atoms with van der Waals surface area (Å²) in [6.45, 7) is 9.26.